The number of nitrogens with zero attached hydrogens (tertiary/aromatic N) is 1. The zero-order valence-electron chi connectivity index (χ0n) is 8.88. The first-order valence-electron chi connectivity index (χ1n) is 5.33. The first-order valence-corrected chi connectivity index (χ1v) is 6.12. The first-order chi connectivity index (χ1) is 7.70. The normalized spacial score (nSPS) is 15.3. The molecule has 0 saturated heterocycles. The Bertz CT molecular complexity index is 617. The summed E-state index contributed by atoms with van der Waals surface area (Å²) in [6.07, 6.45) is 2.35. The molecule has 0 unspecified atom stereocenters. The molecule has 0 spiro atoms. The van der Waals surface area contributed by atoms with Crippen LogP contribution in [-0.2, 0) is 0 Å². The van der Waals surface area contributed by atoms with E-state index in [0.29, 0.717) is 11.7 Å². The molecule has 16 heavy (non-hydrogen) atoms. The van der Waals surface area contributed by atoms with E-state index in [9.17, 15) is 0 Å². The topological polar surface area (TPSA) is 36.9 Å². The monoisotopic (exact) mass is 275 g/mol. The van der Waals surface area contributed by atoms with E-state index in [1.807, 2.05) is 6.07 Å². The van der Waals surface area contributed by atoms with Crippen LogP contribution in [0.4, 0.5) is 0 Å². The van der Waals surface area contributed by atoms with Crippen molar-refractivity contribution in [2.24, 2.45) is 0 Å². The Morgan fingerprint density at radius 1 is 1.44 bits per heavy atom. The number of fused-ring (bicyclic) bond motifs is 1. The van der Waals surface area contributed by atoms with Crippen LogP contribution in [-0.4, -0.2) is 0 Å². The smallest absolute Gasteiger partial charge is 0.208 e. The molecule has 0 radical (unpaired) electrons. The molecule has 1 heterocycles. The Balaban J connectivity index is 2.40. The summed E-state index contributed by atoms with van der Waals surface area (Å²) in [7, 11) is 0. The first kappa shape index (κ1) is 9.92. The average Bonchev–Trinajstić information content (AvgIpc) is 3.00. The van der Waals surface area contributed by atoms with E-state index in [0.717, 1.165) is 21.0 Å². The van der Waals surface area contributed by atoms with E-state index in [-0.39, 0.29) is 0 Å². The van der Waals surface area contributed by atoms with Crippen LogP contribution in [0.3, 0.4) is 0 Å². The maximum Gasteiger partial charge on any atom is 0.208 e. The lowest BCUT2D eigenvalue weighted by molar-refractivity contribution is 0.592. The molecule has 0 N–H and O–H groups in total. The summed E-state index contributed by atoms with van der Waals surface area (Å²) >= 11 is 3.49. The fourth-order valence-electron chi connectivity index (χ4n) is 2.17. The Labute approximate surface area is 102 Å². The van der Waals surface area contributed by atoms with E-state index in [1.165, 1.54) is 18.4 Å². The molecule has 1 aliphatic carbocycles. The number of benzene rings is 1. The molecule has 0 aliphatic heterocycles. The number of halogens is 1. The van der Waals surface area contributed by atoms with Gasteiger partial charge in [-0.25, -0.2) is 0 Å². The van der Waals surface area contributed by atoms with Crippen LogP contribution in [0.25, 0.3) is 11.0 Å². The molecular formula is C13H10BrNO. The lowest BCUT2D eigenvalue weighted by Gasteiger charge is -1.98. The average molecular weight is 276 g/mol. The van der Waals surface area contributed by atoms with Crippen molar-refractivity contribution in [1.29, 1.82) is 5.26 Å². The molecule has 1 saturated carbocycles. The predicted octanol–water partition coefficient (Wildman–Crippen LogP) is 4.25. The molecule has 1 aromatic heterocycles. The molecule has 0 bridgehead atoms. The van der Waals surface area contributed by atoms with Gasteiger partial charge in [-0.2, -0.15) is 5.26 Å². The minimum Gasteiger partial charge on any atom is -0.444 e. The van der Waals surface area contributed by atoms with Crippen molar-refractivity contribution in [2.45, 2.75) is 25.7 Å². The lowest BCUT2D eigenvalue weighted by atomic mass is 10.0. The molecule has 1 aliphatic rings. The van der Waals surface area contributed by atoms with Crippen molar-refractivity contribution in [1.82, 2.24) is 0 Å². The second-order valence-corrected chi connectivity index (χ2v) is 5.21. The summed E-state index contributed by atoms with van der Waals surface area (Å²) in [5.41, 5.74) is 3.11. The number of hydrogen-bond donors (Lipinski definition) is 0. The summed E-state index contributed by atoms with van der Waals surface area (Å²) in [4.78, 5) is 0. The summed E-state index contributed by atoms with van der Waals surface area (Å²) in [6, 6.07) is 6.29. The number of furan rings is 1. The summed E-state index contributed by atoms with van der Waals surface area (Å²) in [5.74, 6) is 1.02. The highest BCUT2D eigenvalue weighted by atomic mass is 79.9. The maximum absolute atomic E-state index is 9.10. The highest BCUT2D eigenvalue weighted by molar-refractivity contribution is 9.10. The van der Waals surface area contributed by atoms with Crippen molar-refractivity contribution in [3.63, 3.8) is 0 Å². The quantitative estimate of drug-likeness (QED) is 0.780. The van der Waals surface area contributed by atoms with Crippen molar-refractivity contribution in [2.75, 3.05) is 0 Å². The molecule has 2 aromatic rings. The lowest BCUT2D eigenvalue weighted by Crippen LogP contribution is -1.81. The van der Waals surface area contributed by atoms with Crippen LogP contribution in [0.2, 0.25) is 0 Å². The summed E-state index contributed by atoms with van der Waals surface area (Å²) in [5, 5.41) is 10.2. The molecule has 0 amide bonds. The van der Waals surface area contributed by atoms with Crippen molar-refractivity contribution >= 4 is 26.9 Å². The molecule has 2 nitrogen and oxygen atoms in total. The SMILES string of the molecule is Cc1cc(Br)c2oc(C#N)c(C3CC3)c2c1. The van der Waals surface area contributed by atoms with Gasteiger partial charge in [0, 0.05) is 10.9 Å². The van der Waals surface area contributed by atoms with Crippen LogP contribution in [0.15, 0.2) is 21.0 Å². The fraction of sp³-hybridized carbons (Fsp3) is 0.308. The minimum atomic E-state index is 0.490. The molecule has 1 aromatic carbocycles. The van der Waals surface area contributed by atoms with Gasteiger partial charge in [-0.1, -0.05) is 0 Å². The summed E-state index contributed by atoms with van der Waals surface area (Å²) in [6.45, 7) is 2.06. The van der Waals surface area contributed by atoms with Gasteiger partial charge >= 0.3 is 0 Å². The molecule has 0 atom stereocenters. The van der Waals surface area contributed by atoms with Gasteiger partial charge in [0.25, 0.3) is 0 Å². The van der Waals surface area contributed by atoms with Gasteiger partial charge in [-0.15, -0.1) is 0 Å². The van der Waals surface area contributed by atoms with Gasteiger partial charge in [0.1, 0.15) is 11.7 Å². The number of aryl methyl sites for hydroxylation is 1. The number of hydrogen-bond acceptors (Lipinski definition) is 2. The van der Waals surface area contributed by atoms with Crippen LogP contribution in [0.1, 0.15) is 35.6 Å². The Morgan fingerprint density at radius 2 is 2.19 bits per heavy atom. The Morgan fingerprint density at radius 3 is 2.81 bits per heavy atom. The van der Waals surface area contributed by atoms with E-state index >= 15 is 0 Å². The van der Waals surface area contributed by atoms with Gasteiger partial charge < -0.3 is 4.42 Å². The Kier molecular flexibility index (Phi) is 2.08. The van der Waals surface area contributed by atoms with Gasteiger partial charge in [0.05, 0.1) is 4.47 Å². The second kappa shape index (κ2) is 3.36. The molecule has 3 heteroatoms. The van der Waals surface area contributed by atoms with Crippen LogP contribution in [0, 0.1) is 18.3 Å². The second-order valence-electron chi connectivity index (χ2n) is 4.35. The van der Waals surface area contributed by atoms with Gasteiger partial charge in [0.15, 0.2) is 0 Å². The third-order valence-corrected chi connectivity index (χ3v) is 3.60. The van der Waals surface area contributed by atoms with Crippen molar-refractivity contribution < 1.29 is 4.42 Å². The van der Waals surface area contributed by atoms with Crippen molar-refractivity contribution in [3.8, 4) is 6.07 Å². The number of rotatable bonds is 1. The highest BCUT2D eigenvalue weighted by Gasteiger charge is 2.31. The molecule has 1 fully saturated rings. The highest BCUT2D eigenvalue weighted by Crippen LogP contribution is 2.47. The van der Waals surface area contributed by atoms with Gasteiger partial charge in [-0.05, 0) is 59.3 Å². The van der Waals surface area contributed by atoms with Crippen LogP contribution < -0.4 is 0 Å². The Hall–Kier alpha value is -1.27. The third kappa shape index (κ3) is 1.37. The zero-order valence-corrected chi connectivity index (χ0v) is 10.5. The maximum atomic E-state index is 9.10. The van der Waals surface area contributed by atoms with E-state index in [4.69, 9.17) is 9.68 Å². The summed E-state index contributed by atoms with van der Waals surface area (Å²) < 4.78 is 6.56. The largest absolute Gasteiger partial charge is 0.444 e. The van der Waals surface area contributed by atoms with Crippen LogP contribution >= 0.6 is 15.9 Å². The number of nitriles is 1. The van der Waals surface area contributed by atoms with Crippen molar-refractivity contribution in [3.05, 3.63) is 33.5 Å². The van der Waals surface area contributed by atoms with E-state index in [1.54, 1.807) is 0 Å². The molecule has 3 rings (SSSR count). The molecular weight excluding hydrogens is 266 g/mol. The van der Waals surface area contributed by atoms with Gasteiger partial charge in [0.2, 0.25) is 5.76 Å². The predicted molar refractivity (Wildman–Crippen MR) is 65.3 cm³/mol. The third-order valence-electron chi connectivity index (χ3n) is 3.01. The fourth-order valence-corrected chi connectivity index (χ4v) is 2.83. The van der Waals surface area contributed by atoms with Crippen LogP contribution in [0.5, 0.6) is 0 Å². The zero-order chi connectivity index (χ0) is 11.3. The molecule has 80 valence electrons. The van der Waals surface area contributed by atoms with Gasteiger partial charge in [-0.3, -0.25) is 0 Å². The minimum absolute atomic E-state index is 0.490. The standard InChI is InChI=1S/C13H10BrNO/c1-7-4-9-12(8-2-3-8)11(6-15)16-13(9)10(14)5-7/h4-5,8H,2-3H2,1H3. The van der Waals surface area contributed by atoms with E-state index in [2.05, 4.69) is 35.0 Å². The van der Waals surface area contributed by atoms with E-state index < -0.39 is 0 Å².